The first-order valence-corrected chi connectivity index (χ1v) is 10.6. The molecule has 0 aliphatic rings. The van der Waals surface area contributed by atoms with Crippen molar-refractivity contribution in [2.24, 2.45) is 0 Å². The number of amides is 1. The zero-order valence-corrected chi connectivity index (χ0v) is 16.9. The highest BCUT2D eigenvalue weighted by atomic mass is 32.2. The SMILES string of the molecule is Cc1ccc(N(CC(=O)NCc2ccc(OC(C)C)cc2)S(C)(=O)=O)cc1. The lowest BCUT2D eigenvalue weighted by atomic mass is 10.2. The number of nitrogens with zero attached hydrogens (tertiary/aromatic N) is 1. The van der Waals surface area contributed by atoms with Crippen molar-refractivity contribution in [3.63, 3.8) is 0 Å². The van der Waals surface area contributed by atoms with Crippen LogP contribution in [0, 0.1) is 6.92 Å². The van der Waals surface area contributed by atoms with E-state index in [0.717, 1.165) is 27.4 Å². The van der Waals surface area contributed by atoms with Crippen molar-refractivity contribution in [3.05, 3.63) is 59.7 Å². The van der Waals surface area contributed by atoms with Gasteiger partial charge in [0, 0.05) is 6.54 Å². The molecule has 2 aromatic carbocycles. The van der Waals surface area contributed by atoms with Crippen LogP contribution >= 0.6 is 0 Å². The maximum atomic E-state index is 12.3. The number of hydrogen-bond donors (Lipinski definition) is 1. The average molecular weight is 391 g/mol. The molecule has 27 heavy (non-hydrogen) atoms. The number of nitrogens with one attached hydrogen (secondary N) is 1. The Morgan fingerprint density at radius 2 is 1.67 bits per heavy atom. The summed E-state index contributed by atoms with van der Waals surface area (Å²) in [6.45, 7) is 5.87. The summed E-state index contributed by atoms with van der Waals surface area (Å²) in [7, 11) is -3.57. The third kappa shape index (κ3) is 6.60. The second kappa shape index (κ2) is 8.90. The van der Waals surface area contributed by atoms with E-state index in [0.29, 0.717) is 12.2 Å². The summed E-state index contributed by atoms with van der Waals surface area (Å²) in [6, 6.07) is 14.4. The predicted octanol–water partition coefficient (Wildman–Crippen LogP) is 2.86. The lowest BCUT2D eigenvalue weighted by Crippen LogP contribution is -2.40. The smallest absolute Gasteiger partial charge is 0.241 e. The molecule has 146 valence electrons. The third-order valence-electron chi connectivity index (χ3n) is 3.79. The highest BCUT2D eigenvalue weighted by Gasteiger charge is 2.20. The van der Waals surface area contributed by atoms with Gasteiger partial charge < -0.3 is 10.1 Å². The number of rotatable bonds is 8. The van der Waals surface area contributed by atoms with Crippen LogP contribution in [0.4, 0.5) is 5.69 Å². The highest BCUT2D eigenvalue weighted by Crippen LogP contribution is 2.18. The van der Waals surface area contributed by atoms with Gasteiger partial charge in [0.1, 0.15) is 12.3 Å². The zero-order valence-electron chi connectivity index (χ0n) is 16.1. The number of carbonyl (C=O) groups is 1. The van der Waals surface area contributed by atoms with E-state index >= 15 is 0 Å². The van der Waals surface area contributed by atoms with Crippen molar-refractivity contribution in [1.29, 1.82) is 0 Å². The Morgan fingerprint density at radius 3 is 2.19 bits per heavy atom. The van der Waals surface area contributed by atoms with Gasteiger partial charge in [-0.2, -0.15) is 0 Å². The minimum absolute atomic E-state index is 0.0966. The molecule has 2 aromatic rings. The fourth-order valence-corrected chi connectivity index (χ4v) is 3.31. The molecule has 0 bridgehead atoms. The summed E-state index contributed by atoms with van der Waals surface area (Å²) < 4.78 is 30.8. The van der Waals surface area contributed by atoms with Crippen LogP contribution in [0.3, 0.4) is 0 Å². The summed E-state index contributed by atoms with van der Waals surface area (Å²) in [4.78, 5) is 12.3. The molecule has 2 rings (SSSR count). The molecule has 6 nitrogen and oxygen atoms in total. The number of benzene rings is 2. The molecule has 0 fully saturated rings. The Kier molecular flexibility index (Phi) is 6.85. The fraction of sp³-hybridized carbons (Fsp3) is 0.350. The van der Waals surface area contributed by atoms with Crippen molar-refractivity contribution in [1.82, 2.24) is 5.32 Å². The van der Waals surface area contributed by atoms with E-state index in [2.05, 4.69) is 5.32 Å². The van der Waals surface area contributed by atoms with Gasteiger partial charge in [-0.25, -0.2) is 8.42 Å². The second-order valence-electron chi connectivity index (χ2n) is 6.69. The van der Waals surface area contributed by atoms with Crippen molar-refractivity contribution in [3.8, 4) is 5.75 Å². The number of carbonyl (C=O) groups excluding carboxylic acids is 1. The van der Waals surface area contributed by atoms with Gasteiger partial charge in [0.25, 0.3) is 0 Å². The van der Waals surface area contributed by atoms with Crippen LogP contribution < -0.4 is 14.4 Å². The third-order valence-corrected chi connectivity index (χ3v) is 4.93. The molecule has 0 spiro atoms. The monoisotopic (exact) mass is 390 g/mol. The van der Waals surface area contributed by atoms with Crippen molar-refractivity contribution < 1.29 is 17.9 Å². The van der Waals surface area contributed by atoms with Crippen LogP contribution in [0.25, 0.3) is 0 Å². The topological polar surface area (TPSA) is 75.7 Å². The molecular formula is C20H26N2O4S. The maximum absolute atomic E-state index is 12.3. The molecule has 7 heteroatoms. The lowest BCUT2D eigenvalue weighted by molar-refractivity contribution is -0.119. The summed E-state index contributed by atoms with van der Waals surface area (Å²) >= 11 is 0. The van der Waals surface area contributed by atoms with Crippen molar-refractivity contribution >= 4 is 21.6 Å². The number of aryl methyl sites for hydroxylation is 1. The van der Waals surface area contributed by atoms with Gasteiger partial charge in [0.2, 0.25) is 15.9 Å². The van der Waals surface area contributed by atoms with Crippen LogP contribution in [0.2, 0.25) is 0 Å². The summed E-state index contributed by atoms with van der Waals surface area (Å²) in [5.41, 5.74) is 2.38. The quantitative estimate of drug-likeness (QED) is 0.752. The number of anilines is 1. The molecule has 0 saturated carbocycles. The number of sulfonamides is 1. The lowest BCUT2D eigenvalue weighted by Gasteiger charge is -2.22. The first kappa shape index (κ1) is 20.8. The Balaban J connectivity index is 1.98. The Bertz CT molecular complexity index is 860. The molecule has 1 N–H and O–H groups in total. The minimum Gasteiger partial charge on any atom is -0.491 e. The molecule has 0 heterocycles. The van der Waals surface area contributed by atoms with E-state index < -0.39 is 10.0 Å². The van der Waals surface area contributed by atoms with Crippen LogP contribution in [0.5, 0.6) is 5.75 Å². The highest BCUT2D eigenvalue weighted by molar-refractivity contribution is 7.92. The Labute approximate surface area is 161 Å². The molecule has 0 saturated heterocycles. The van der Waals surface area contributed by atoms with E-state index in [1.807, 2.05) is 57.2 Å². The normalized spacial score (nSPS) is 11.3. The van der Waals surface area contributed by atoms with E-state index in [1.165, 1.54) is 0 Å². The molecule has 0 aliphatic carbocycles. The molecule has 0 radical (unpaired) electrons. The van der Waals surface area contributed by atoms with Crippen molar-refractivity contribution in [2.45, 2.75) is 33.4 Å². The molecule has 0 unspecified atom stereocenters. The predicted molar refractivity (Wildman–Crippen MR) is 107 cm³/mol. The average Bonchev–Trinajstić information content (AvgIpc) is 2.58. The molecular weight excluding hydrogens is 364 g/mol. The van der Waals surface area contributed by atoms with E-state index in [9.17, 15) is 13.2 Å². The number of ether oxygens (including phenoxy) is 1. The first-order chi connectivity index (χ1) is 12.6. The van der Waals surface area contributed by atoms with E-state index in [1.54, 1.807) is 12.1 Å². The largest absolute Gasteiger partial charge is 0.491 e. The molecule has 0 atom stereocenters. The first-order valence-electron chi connectivity index (χ1n) is 8.72. The van der Waals surface area contributed by atoms with Crippen LogP contribution in [0.15, 0.2) is 48.5 Å². The van der Waals surface area contributed by atoms with Gasteiger partial charge in [-0.1, -0.05) is 29.8 Å². The standard InChI is InChI=1S/C20H26N2O4S/c1-15(2)26-19-11-7-17(8-12-19)13-21-20(23)14-22(27(4,24)25)18-9-5-16(3)6-10-18/h5-12,15H,13-14H2,1-4H3,(H,21,23). The van der Waals surface area contributed by atoms with Crippen LogP contribution in [-0.4, -0.2) is 33.2 Å². The number of hydrogen-bond acceptors (Lipinski definition) is 4. The molecule has 0 aromatic heterocycles. The van der Waals surface area contributed by atoms with E-state index in [-0.39, 0.29) is 18.6 Å². The summed E-state index contributed by atoms with van der Waals surface area (Å²) in [5.74, 6) is 0.395. The summed E-state index contributed by atoms with van der Waals surface area (Å²) in [5, 5.41) is 2.76. The van der Waals surface area contributed by atoms with Gasteiger partial charge in [0.15, 0.2) is 0 Å². The minimum atomic E-state index is -3.57. The van der Waals surface area contributed by atoms with E-state index in [4.69, 9.17) is 4.74 Å². The maximum Gasteiger partial charge on any atom is 0.241 e. The summed E-state index contributed by atoms with van der Waals surface area (Å²) in [6.07, 6.45) is 1.19. The molecule has 0 aliphatic heterocycles. The van der Waals surface area contributed by atoms with Crippen molar-refractivity contribution in [2.75, 3.05) is 17.1 Å². The van der Waals surface area contributed by atoms with Gasteiger partial charge in [-0.05, 0) is 50.6 Å². The van der Waals surface area contributed by atoms with Gasteiger partial charge >= 0.3 is 0 Å². The zero-order chi connectivity index (χ0) is 20.0. The van der Waals surface area contributed by atoms with Gasteiger partial charge in [-0.3, -0.25) is 9.10 Å². The fourth-order valence-electron chi connectivity index (χ4n) is 2.46. The second-order valence-corrected chi connectivity index (χ2v) is 8.60. The van der Waals surface area contributed by atoms with Crippen LogP contribution in [-0.2, 0) is 21.4 Å². The van der Waals surface area contributed by atoms with Gasteiger partial charge in [0.05, 0.1) is 18.0 Å². The van der Waals surface area contributed by atoms with Gasteiger partial charge in [-0.15, -0.1) is 0 Å². The van der Waals surface area contributed by atoms with Crippen LogP contribution in [0.1, 0.15) is 25.0 Å². The Hall–Kier alpha value is -2.54. The molecule has 1 amide bonds. The Morgan fingerprint density at radius 1 is 1.07 bits per heavy atom.